The molecule has 0 unspecified atom stereocenters. The van der Waals surface area contributed by atoms with Crippen molar-refractivity contribution in [3.8, 4) is 11.1 Å². The minimum Gasteiger partial charge on any atom is -0.480 e. The monoisotopic (exact) mass is 285 g/mol. The third-order valence-corrected chi connectivity index (χ3v) is 4.76. The van der Waals surface area contributed by atoms with Crippen molar-refractivity contribution in [1.82, 2.24) is 0 Å². The Bertz CT molecular complexity index is 669. The van der Waals surface area contributed by atoms with E-state index in [1.165, 1.54) is 34.0 Å². The average molecular weight is 285 g/mol. The molecule has 2 aromatic carbocycles. The SMILES string of the molecule is N[C@@H](CSc1cccc2c1Cc1ccccc1-2)C(=O)O. The van der Waals surface area contributed by atoms with E-state index in [0.29, 0.717) is 5.75 Å². The van der Waals surface area contributed by atoms with Crippen LogP contribution in [0.5, 0.6) is 0 Å². The Balaban J connectivity index is 1.88. The lowest BCUT2D eigenvalue weighted by molar-refractivity contribution is -0.137. The Morgan fingerprint density at radius 3 is 2.75 bits per heavy atom. The number of fused-ring (bicyclic) bond motifs is 3. The lowest BCUT2D eigenvalue weighted by Crippen LogP contribution is -2.32. The number of aliphatic carboxylic acids is 1. The van der Waals surface area contributed by atoms with Gasteiger partial charge in [0, 0.05) is 10.6 Å². The van der Waals surface area contributed by atoms with Crippen LogP contribution >= 0.6 is 11.8 Å². The highest BCUT2D eigenvalue weighted by Crippen LogP contribution is 2.41. The van der Waals surface area contributed by atoms with Crippen molar-refractivity contribution in [2.45, 2.75) is 17.4 Å². The van der Waals surface area contributed by atoms with Crippen LogP contribution in [0.3, 0.4) is 0 Å². The maximum absolute atomic E-state index is 10.8. The normalized spacial score (nSPS) is 13.7. The fourth-order valence-corrected chi connectivity index (χ4v) is 3.55. The first-order valence-corrected chi connectivity index (χ1v) is 7.46. The molecule has 0 heterocycles. The van der Waals surface area contributed by atoms with E-state index < -0.39 is 12.0 Å². The highest BCUT2D eigenvalue weighted by atomic mass is 32.2. The number of benzene rings is 2. The van der Waals surface area contributed by atoms with E-state index in [9.17, 15) is 4.79 Å². The number of hydrogen-bond donors (Lipinski definition) is 2. The average Bonchev–Trinajstić information content (AvgIpc) is 2.83. The van der Waals surface area contributed by atoms with Gasteiger partial charge in [-0.15, -0.1) is 11.8 Å². The fraction of sp³-hybridized carbons (Fsp3) is 0.188. The van der Waals surface area contributed by atoms with Crippen molar-refractivity contribution in [3.63, 3.8) is 0 Å². The lowest BCUT2D eigenvalue weighted by atomic mass is 10.1. The van der Waals surface area contributed by atoms with Crippen LogP contribution in [0.2, 0.25) is 0 Å². The number of carbonyl (C=O) groups is 1. The Morgan fingerprint density at radius 2 is 1.95 bits per heavy atom. The maximum atomic E-state index is 10.8. The van der Waals surface area contributed by atoms with E-state index in [0.717, 1.165) is 11.3 Å². The summed E-state index contributed by atoms with van der Waals surface area (Å²) in [5.74, 6) is -0.560. The van der Waals surface area contributed by atoms with Crippen molar-refractivity contribution in [2.24, 2.45) is 5.73 Å². The number of nitrogens with two attached hydrogens (primary N) is 1. The molecule has 102 valence electrons. The molecule has 0 amide bonds. The van der Waals surface area contributed by atoms with Crippen LogP contribution in [0.25, 0.3) is 11.1 Å². The molecule has 0 fully saturated rings. The van der Waals surface area contributed by atoms with E-state index >= 15 is 0 Å². The second kappa shape index (κ2) is 5.31. The van der Waals surface area contributed by atoms with Gasteiger partial charge in [-0.1, -0.05) is 36.4 Å². The number of carboxylic acids is 1. The van der Waals surface area contributed by atoms with Crippen molar-refractivity contribution in [1.29, 1.82) is 0 Å². The molecule has 1 aliphatic carbocycles. The Kier molecular flexibility index (Phi) is 3.51. The third-order valence-electron chi connectivity index (χ3n) is 3.54. The minimum atomic E-state index is -0.951. The second-order valence-electron chi connectivity index (χ2n) is 4.87. The molecule has 4 heteroatoms. The van der Waals surface area contributed by atoms with Crippen LogP contribution in [-0.4, -0.2) is 22.9 Å². The molecule has 0 aromatic heterocycles. The highest BCUT2D eigenvalue weighted by Gasteiger charge is 2.21. The van der Waals surface area contributed by atoms with E-state index in [-0.39, 0.29) is 0 Å². The Morgan fingerprint density at radius 1 is 1.20 bits per heavy atom. The van der Waals surface area contributed by atoms with Crippen molar-refractivity contribution >= 4 is 17.7 Å². The molecule has 3 rings (SSSR count). The van der Waals surface area contributed by atoms with Crippen LogP contribution < -0.4 is 5.73 Å². The zero-order valence-corrected chi connectivity index (χ0v) is 11.7. The molecule has 3 nitrogen and oxygen atoms in total. The van der Waals surface area contributed by atoms with Gasteiger partial charge in [0.15, 0.2) is 0 Å². The molecule has 0 aliphatic heterocycles. The first-order chi connectivity index (χ1) is 9.66. The molecule has 0 saturated carbocycles. The van der Waals surface area contributed by atoms with E-state index in [4.69, 9.17) is 10.8 Å². The van der Waals surface area contributed by atoms with Gasteiger partial charge in [0.05, 0.1) is 0 Å². The van der Waals surface area contributed by atoms with Crippen molar-refractivity contribution in [2.75, 3.05) is 5.75 Å². The minimum absolute atomic E-state index is 0.391. The highest BCUT2D eigenvalue weighted by molar-refractivity contribution is 7.99. The predicted octanol–water partition coefficient (Wildman–Crippen LogP) is 2.76. The summed E-state index contributed by atoms with van der Waals surface area (Å²) in [6, 6.07) is 13.8. The van der Waals surface area contributed by atoms with Gasteiger partial charge >= 0.3 is 5.97 Å². The van der Waals surface area contributed by atoms with Crippen LogP contribution in [0.1, 0.15) is 11.1 Å². The summed E-state index contributed by atoms with van der Waals surface area (Å²) < 4.78 is 0. The van der Waals surface area contributed by atoms with Gasteiger partial charge in [-0.05, 0) is 34.7 Å². The number of rotatable bonds is 4. The van der Waals surface area contributed by atoms with Gasteiger partial charge < -0.3 is 10.8 Å². The fourth-order valence-electron chi connectivity index (χ4n) is 2.51. The molecule has 1 aliphatic rings. The molecule has 0 bridgehead atoms. The summed E-state index contributed by atoms with van der Waals surface area (Å²) >= 11 is 1.53. The number of carboxylic acid groups (broad SMARTS) is 1. The summed E-state index contributed by atoms with van der Waals surface area (Å²) in [4.78, 5) is 11.9. The van der Waals surface area contributed by atoms with Crippen LogP contribution in [0.4, 0.5) is 0 Å². The summed E-state index contributed by atoms with van der Waals surface area (Å²) in [5.41, 5.74) is 10.7. The number of thioether (sulfide) groups is 1. The van der Waals surface area contributed by atoms with E-state index in [2.05, 4.69) is 24.3 Å². The molecule has 3 N–H and O–H groups in total. The molecular formula is C16H15NO2S. The quantitative estimate of drug-likeness (QED) is 0.724. The van der Waals surface area contributed by atoms with Crippen LogP contribution in [0, 0.1) is 0 Å². The lowest BCUT2D eigenvalue weighted by Gasteiger charge is -2.10. The van der Waals surface area contributed by atoms with Gasteiger partial charge in [0.2, 0.25) is 0 Å². The molecular weight excluding hydrogens is 270 g/mol. The topological polar surface area (TPSA) is 63.3 Å². The van der Waals surface area contributed by atoms with E-state index in [1.807, 2.05) is 18.2 Å². The molecule has 0 saturated heterocycles. The predicted molar refractivity (Wildman–Crippen MR) is 81.0 cm³/mol. The van der Waals surface area contributed by atoms with Gasteiger partial charge in [-0.2, -0.15) is 0 Å². The van der Waals surface area contributed by atoms with Gasteiger partial charge in [0.1, 0.15) is 6.04 Å². The summed E-state index contributed by atoms with van der Waals surface area (Å²) in [6.07, 6.45) is 0.914. The van der Waals surface area contributed by atoms with Gasteiger partial charge in [0.25, 0.3) is 0 Å². The molecule has 2 aromatic rings. The largest absolute Gasteiger partial charge is 0.480 e. The molecule has 0 radical (unpaired) electrons. The van der Waals surface area contributed by atoms with Gasteiger partial charge in [-0.25, -0.2) is 0 Å². The first kappa shape index (κ1) is 13.2. The van der Waals surface area contributed by atoms with Crippen LogP contribution in [0.15, 0.2) is 47.4 Å². The summed E-state index contributed by atoms with van der Waals surface area (Å²) in [7, 11) is 0. The Labute approximate surface area is 121 Å². The second-order valence-corrected chi connectivity index (χ2v) is 5.93. The Hall–Kier alpha value is -1.78. The standard InChI is InChI=1S/C16H15NO2S/c17-14(16(18)19)9-20-15-7-3-6-12-11-5-2-1-4-10(11)8-13(12)15/h1-7,14H,8-9,17H2,(H,18,19)/t14-/m0/s1. The van der Waals surface area contributed by atoms with Crippen LogP contribution in [-0.2, 0) is 11.2 Å². The zero-order chi connectivity index (χ0) is 14.1. The smallest absolute Gasteiger partial charge is 0.321 e. The van der Waals surface area contributed by atoms with Gasteiger partial charge in [-0.3, -0.25) is 4.79 Å². The summed E-state index contributed by atoms with van der Waals surface area (Å²) in [5, 5.41) is 8.86. The number of hydrogen-bond acceptors (Lipinski definition) is 3. The zero-order valence-electron chi connectivity index (χ0n) is 10.9. The maximum Gasteiger partial charge on any atom is 0.321 e. The van der Waals surface area contributed by atoms with E-state index in [1.54, 1.807) is 0 Å². The first-order valence-electron chi connectivity index (χ1n) is 6.48. The molecule has 1 atom stereocenters. The molecule has 20 heavy (non-hydrogen) atoms. The summed E-state index contributed by atoms with van der Waals surface area (Å²) in [6.45, 7) is 0. The van der Waals surface area contributed by atoms with Crippen molar-refractivity contribution in [3.05, 3.63) is 53.6 Å². The van der Waals surface area contributed by atoms with Crippen molar-refractivity contribution < 1.29 is 9.90 Å². The molecule has 0 spiro atoms. The third kappa shape index (κ3) is 2.32.